The summed E-state index contributed by atoms with van der Waals surface area (Å²) in [6.45, 7) is 7.83. The number of hydrogen-bond donors (Lipinski definition) is 2. The van der Waals surface area contributed by atoms with Gasteiger partial charge in [0.25, 0.3) is 0 Å². The number of ether oxygens (including phenoxy) is 1. The Bertz CT molecular complexity index is 735. The number of aromatic amines is 1. The Morgan fingerprint density at radius 1 is 1.20 bits per heavy atom. The van der Waals surface area contributed by atoms with Crippen molar-refractivity contribution in [3.05, 3.63) is 58.4 Å². The van der Waals surface area contributed by atoms with Crippen molar-refractivity contribution in [3.63, 3.8) is 0 Å². The molecule has 0 aliphatic rings. The first-order valence-electron chi connectivity index (χ1n) is 8.63. The molecule has 0 radical (unpaired) electrons. The van der Waals surface area contributed by atoms with Crippen molar-refractivity contribution in [2.24, 2.45) is 0 Å². The molecule has 0 aliphatic carbocycles. The molecule has 2 aromatic rings. The number of benzene rings is 1. The molecule has 1 heterocycles. The summed E-state index contributed by atoms with van der Waals surface area (Å²) < 4.78 is 5.09. The molecular formula is C20H26N2O3. The monoisotopic (exact) mass is 342 g/mol. The van der Waals surface area contributed by atoms with Gasteiger partial charge in [-0.05, 0) is 45.2 Å². The van der Waals surface area contributed by atoms with Gasteiger partial charge in [-0.2, -0.15) is 0 Å². The lowest BCUT2D eigenvalue weighted by atomic mass is 10.1. The molecule has 1 atom stereocenters. The minimum atomic E-state index is -0.317. The number of amides is 1. The Labute approximate surface area is 148 Å². The lowest BCUT2D eigenvalue weighted by Gasteiger charge is -2.14. The molecule has 0 saturated carbocycles. The molecule has 134 valence electrons. The van der Waals surface area contributed by atoms with Crippen molar-refractivity contribution in [2.75, 3.05) is 6.61 Å². The van der Waals surface area contributed by atoms with Gasteiger partial charge in [-0.1, -0.05) is 30.3 Å². The van der Waals surface area contributed by atoms with Crippen LogP contribution >= 0.6 is 0 Å². The highest BCUT2D eigenvalue weighted by atomic mass is 16.5. The summed E-state index contributed by atoms with van der Waals surface area (Å²) in [7, 11) is 0. The summed E-state index contributed by atoms with van der Waals surface area (Å²) in [6.07, 6.45) is 0.916. The maximum absolute atomic E-state index is 12.2. The van der Waals surface area contributed by atoms with Crippen molar-refractivity contribution < 1.29 is 14.3 Å². The van der Waals surface area contributed by atoms with Gasteiger partial charge in [0.1, 0.15) is 0 Å². The van der Waals surface area contributed by atoms with Crippen LogP contribution in [-0.2, 0) is 16.0 Å². The first-order chi connectivity index (χ1) is 11.9. The molecule has 5 nitrogen and oxygen atoms in total. The summed E-state index contributed by atoms with van der Waals surface area (Å²) in [5.41, 5.74) is 4.20. The Morgan fingerprint density at radius 2 is 1.88 bits per heavy atom. The van der Waals surface area contributed by atoms with Gasteiger partial charge in [-0.3, -0.25) is 4.79 Å². The van der Waals surface area contributed by atoms with Crippen LogP contribution in [-0.4, -0.2) is 23.5 Å². The number of hydrogen-bond acceptors (Lipinski definition) is 3. The van der Waals surface area contributed by atoms with Crippen LogP contribution in [0.1, 0.15) is 59.2 Å². The SMILES string of the molecule is CCOC(=O)c1c(C)[nH]c(CCC(=O)NC(C)c2ccccc2)c1C. The minimum Gasteiger partial charge on any atom is -0.462 e. The van der Waals surface area contributed by atoms with Crippen LogP contribution < -0.4 is 5.32 Å². The van der Waals surface area contributed by atoms with Crippen molar-refractivity contribution in [1.82, 2.24) is 10.3 Å². The van der Waals surface area contributed by atoms with E-state index < -0.39 is 0 Å². The maximum atomic E-state index is 12.2. The third kappa shape index (κ3) is 4.72. The van der Waals surface area contributed by atoms with Gasteiger partial charge in [0, 0.05) is 17.8 Å². The second-order valence-corrected chi connectivity index (χ2v) is 6.15. The van der Waals surface area contributed by atoms with Crippen molar-refractivity contribution in [1.29, 1.82) is 0 Å². The predicted octanol–water partition coefficient (Wildman–Crippen LogP) is 3.62. The summed E-state index contributed by atoms with van der Waals surface area (Å²) in [5.74, 6) is -0.331. The molecule has 0 saturated heterocycles. The van der Waals surface area contributed by atoms with E-state index in [2.05, 4.69) is 10.3 Å². The molecule has 5 heteroatoms. The van der Waals surface area contributed by atoms with Crippen LogP contribution in [0.2, 0.25) is 0 Å². The predicted molar refractivity (Wildman–Crippen MR) is 97.5 cm³/mol. The highest BCUT2D eigenvalue weighted by molar-refractivity contribution is 5.92. The van der Waals surface area contributed by atoms with Crippen LogP contribution in [0.4, 0.5) is 0 Å². The molecule has 1 aromatic carbocycles. The summed E-state index contributed by atoms with van der Waals surface area (Å²) in [5, 5.41) is 3.01. The van der Waals surface area contributed by atoms with Crippen molar-refractivity contribution in [2.45, 2.75) is 46.6 Å². The van der Waals surface area contributed by atoms with Gasteiger partial charge < -0.3 is 15.0 Å². The van der Waals surface area contributed by atoms with Gasteiger partial charge in [0.15, 0.2) is 0 Å². The Balaban J connectivity index is 1.96. The van der Waals surface area contributed by atoms with Crippen LogP contribution in [0.25, 0.3) is 0 Å². The number of carbonyl (C=O) groups is 2. The lowest BCUT2D eigenvalue weighted by molar-refractivity contribution is -0.121. The van der Waals surface area contributed by atoms with Gasteiger partial charge in [-0.25, -0.2) is 4.79 Å². The zero-order valence-corrected chi connectivity index (χ0v) is 15.3. The molecule has 25 heavy (non-hydrogen) atoms. The van der Waals surface area contributed by atoms with E-state index in [0.717, 1.165) is 22.5 Å². The number of carbonyl (C=O) groups excluding carboxylic acids is 2. The number of H-pyrrole nitrogens is 1. The highest BCUT2D eigenvalue weighted by Gasteiger charge is 2.19. The van der Waals surface area contributed by atoms with E-state index in [1.807, 2.05) is 51.1 Å². The first kappa shape index (κ1) is 18.8. The average Bonchev–Trinajstić information content (AvgIpc) is 2.87. The fraction of sp³-hybridized carbons (Fsp3) is 0.400. The summed E-state index contributed by atoms with van der Waals surface area (Å²) in [4.78, 5) is 27.5. The molecule has 1 unspecified atom stereocenters. The molecule has 0 fully saturated rings. The van der Waals surface area contributed by atoms with E-state index in [-0.39, 0.29) is 17.9 Å². The summed E-state index contributed by atoms with van der Waals surface area (Å²) in [6, 6.07) is 9.83. The Morgan fingerprint density at radius 3 is 2.52 bits per heavy atom. The fourth-order valence-corrected chi connectivity index (χ4v) is 2.95. The van der Waals surface area contributed by atoms with E-state index in [1.54, 1.807) is 6.92 Å². The van der Waals surface area contributed by atoms with Gasteiger partial charge in [0.05, 0.1) is 18.2 Å². The molecule has 0 bridgehead atoms. The number of aryl methyl sites for hydroxylation is 2. The number of rotatable bonds is 7. The summed E-state index contributed by atoms with van der Waals surface area (Å²) >= 11 is 0. The zero-order valence-electron chi connectivity index (χ0n) is 15.3. The quantitative estimate of drug-likeness (QED) is 0.755. The fourth-order valence-electron chi connectivity index (χ4n) is 2.95. The second kappa shape index (κ2) is 8.51. The van der Waals surface area contributed by atoms with Gasteiger partial charge >= 0.3 is 5.97 Å². The third-order valence-electron chi connectivity index (χ3n) is 4.30. The van der Waals surface area contributed by atoms with E-state index >= 15 is 0 Å². The molecule has 2 rings (SSSR count). The normalized spacial score (nSPS) is 11.8. The van der Waals surface area contributed by atoms with Gasteiger partial charge in [-0.15, -0.1) is 0 Å². The number of nitrogens with one attached hydrogen (secondary N) is 2. The highest BCUT2D eigenvalue weighted by Crippen LogP contribution is 2.20. The van der Waals surface area contributed by atoms with Crippen molar-refractivity contribution >= 4 is 11.9 Å². The molecule has 1 aromatic heterocycles. The van der Waals surface area contributed by atoms with E-state index in [4.69, 9.17) is 4.74 Å². The van der Waals surface area contributed by atoms with E-state index in [1.165, 1.54) is 0 Å². The topological polar surface area (TPSA) is 71.2 Å². The minimum absolute atomic E-state index is 0.0132. The molecule has 1 amide bonds. The zero-order chi connectivity index (χ0) is 18.4. The molecule has 0 aliphatic heterocycles. The molecular weight excluding hydrogens is 316 g/mol. The van der Waals surface area contributed by atoms with Crippen LogP contribution in [0.5, 0.6) is 0 Å². The third-order valence-corrected chi connectivity index (χ3v) is 4.30. The lowest BCUT2D eigenvalue weighted by Crippen LogP contribution is -2.26. The average molecular weight is 342 g/mol. The Kier molecular flexibility index (Phi) is 6.39. The van der Waals surface area contributed by atoms with E-state index in [0.29, 0.717) is 25.0 Å². The molecule has 0 spiro atoms. The molecule has 2 N–H and O–H groups in total. The van der Waals surface area contributed by atoms with Crippen molar-refractivity contribution in [3.8, 4) is 0 Å². The number of aromatic nitrogens is 1. The smallest absolute Gasteiger partial charge is 0.340 e. The maximum Gasteiger partial charge on any atom is 0.340 e. The van der Waals surface area contributed by atoms with Gasteiger partial charge in [0.2, 0.25) is 5.91 Å². The first-order valence-corrected chi connectivity index (χ1v) is 8.63. The Hall–Kier alpha value is -2.56. The van der Waals surface area contributed by atoms with Crippen LogP contribution in [0, 0.1) is 13.8 Å². The van der Waals surface area contributed by atoms with Crippen LogP contribution in [0.15, 0.2) is 30.3 Å². The second-order valence-electron chi connectivity index (χ2n) is 6.15. The van der Waals surface area contributed by atoms with E-state index in [9.17, 15) is 9.59 Å². The largest absolute Gasteiger partial charge is 0.462 e. The van der Waals surface area contributed by atoms with Crippen LogP contribution in [0.3, 0.4) is 0 Å². The standard InChI is InChI=1S/C20H26N2O3/c1-5-25-20(24)19-13(2)17(21-15(19)4)11-12-18(23)22-14(3)16-9-7-6-8-10-16/h6-10,14,21H,5,11-12H2,1-4H3,(H,22,23). The number of esters is 1.